The molecule has 0 aliphatic heterocycles. The number of nitrogens with one attached hydrogen (secondary N) is 1. The second kappa shape index (κ2) is 5.83. The van der Waals surface area contributed by atoms with Crippen LogP contribution in [0.15, 0.2) is 0 Å². The normalized spacial score (nSPS) is 24.6. The quantitative estimate of drug-likeness (QED) is 0.670. The molecule has 0 aromatic carbocycles. The lowest BCUT2D eigenvalue weighted by Crippen LogP contribution is -2.36. The summed E-state index contributed by atoms with van der Waals surface area (Å²) in [6.45, 7) is 2.03. The molecule has 2 rings (SSSR count). The van der Waals surface area contributed by atoms with Crippen molar-refractivity contribution in [3.63, 3.8) is 0 Å². The maximum Gasteiger partial charge on any atom is 0.0897 e. The minimum atomic E-state index is -0.329. The van der Waals surface area contributed by atoms with Gasteiger partial charge in [0.15, 0.2) is 0 Å². The molecule has 88 valence electrons. The second-order valence-corrected chi connectivity index (χ2v) is 5.02. The van der Waals surface area contributed by atoms with Crippen molar-refractivity contribution >= 4 is 0 Å². The fraction of sp³-hybridized carbons (Fsp3) is 1.00. The molecule has 2 fully saturated rings. The van der Waals surface area contributed by atoms with Crippen LogP contribution in [0.1, 0.15) is 38.5 Å². The Hall–Kier alpha value is -0.120. The van der Waals surface area contributed by atoms with E-state index < -0.39 is 0 Å². The largest absolute Gasteiger partial charge is 0.389 e. The third-order valence-corrected chi connectivity index (χ3v) is 3.36. The molecule has 3 nitrogen and oxygen atoms in total. The van der Waals surface area contributed by atoms with Crippen LogP contribution < -0.4 is 5.32 Å². The number of ether oxygens (including phenoxy) is 1. The van der Waals surface area contributed by atoms with Crippen LogP contribution in [0.3, 0.4) is 0 Å². The highest BCUT2D eigenvalue weighted by Crippen LogP contribution is 2.28. The van der Waals surface area contributed by atoms with Crippen LogP contribution in [-0.2, 0) is 4.74 Å². The Morgan fingerprint density at radius 3 is 2.60 bits per heavy atom. The summed E-state index contributed by atoms with van der Waals surface area (Å²) in [5.41, 5.74) is 0. The molecule has 2 aliphatic carbocycles. The van der Waals surface area contributed by atoms with Gasteiger partial charge in [0.25, 0.3) is 0 Å². The van der Waals surface area contributed by atoms with E-state index in [1.807, 2.05) is 0 Å². The van der Waals surface area contributed by atoms with Crippen LogP contribution in [0, 0.1) is 5.92 Å². The van der Waals surface area contributed by atoms with E-state index >= 15 is 0 Å². The minimum Gasteiger partial charge on any atom is -0.389 e. The molecule has 2 saturated carbocycles. The number of aliphatic hydroxyl groups excluding tert-OH is 1. The highest BCUT2D eigenvalue weighted by Gasteiger charge is 2.21. The van der Waals surface area contributed by atoms with E-state index in [0.717, 1.165) is 12.5 Å². The molecule has 0 radical (unpaired) electrons. The number of hydrogen-bond donors (Lipinski definition) is 2. The van der Waals surface area contributed by atoms with Crippen molar-refractivity contribution in [3.8, 4) is 0 Å². The SMILES string of the molecule is OC(CNC1CCCC1)COCC1CC1. The summed E-state index contributed by atoms with van der Waals surface area (Å²) < 4.78 is 5.44. The lowest BCUT2D eigenvalue weighted by atomic mass is 10.2. The molecule has 3 heteroatoms. The number of aliphatic hydroxyl groups is 1. The topological polar surface area (TPSA) is 41.5 Å². The number of rotatable bonds is 7. The first kappa shape index (κ1) is 11.4. The zero-order valence-electron chi connectivity index (χ0n) is 9.45. The van der Waals surface area contributed by atoms with Gasteiger partial charge in [0.05, 0.1) is 12.7 Å². The first-order chi connectivity index (χ1) is 7.34. The minimum absolute atomic E-state index is 0.329. The predicted octanol–water partition coefficient (Wildman–Crippen LogP) is 1.31. The van der Waals surface area contributed by atoms with E-state index in [1.165, 1.54) is 38.5 Å². The highest BCUT2D eigenvalue weighted by molar-refractivity contribution is 4.75. The van der Waals surface area contributed by atoms with Gasteiger partial charge in [-0.3, -0.25) is 0 Å². The van der Waals surface area contributed by atoms with Crippen LogP contribution >= 0.6 is 0 Å². The van der Waals surface area contributed by atoms with E-state index in [4.69, 9.17) is 4.74 Å². The summed E-state index contributed by atoms with van der Waals surface area (Å²) in [5, 5.41) is 13.1. The summed E-state index contributed by atoms with van der Waals surface area (Å²) in [4.78, 5) is 0. The standard InChI is InChI=1S/C12H23NO2/c14-12(9-15-8-10-5-6-10)7-13-11-3-1-2-4-11/h10-14H,1-9H2. The zero-order valence-corrected chi connectivity index (χ0v) is 9.45. The lowest BCUT2D eigenvalue weighted by molar-refractivity contribution is 0.0313. The van der Waals surface area contributed by atoms with Crippen LogP contribution in [-0.4, -0.2) is 37.0 Å². The van der Waals surface area contributed by atoms with E-state index in [2.05, 4.69) is 5.32 Å². The van der Waals surface area contributed by atoms with Crippen LogP contribution in [0.25, 0.3) is 0 Å². The third kappa shape index (κ3) is 4.49. The monoisotopic (exact) mass is 213 g/mol. The zero-order chi connectivity index (χ0) is 10.5. The molecule has 0 aromatic rings. The van der Waals surface area contributed by atoms with Gasteiger partial charge in [0.2, 0.25) is 0 Å². The molecule has 0 aromatic heterocycles. The van der Waals surface area contributed by atoms with Gasteiger partial charge in [-0.1, -0.05) is 12.8 Å². The molecule has 0 saturated heterocycles. The highest BCUT2D eigenvalue weighted by atomic mass is 16.5. The molecule has 1 atom stereocenters. The third-order valence-electron chi connectivity index (χ3n) is 3.36. The number of hydrogen-bond acceptors (Lipinski definition) is 3. The predicted molar refractivity (Wildman–Crippen MR) is 59.8 cm³/mol. The first-order valence-corrected chi connectivity index (χ1v) is 6.34. The average Bonchev–Trinajstić information content (AvgIpc) is 2.91. The van der Waals surface area contributed by atoms with Crippen molar-refractivity contribution in [2.75, 3.05) is 19.8 Å². The Bertz CT molecular complexity index is 176. The Kier molecular flexibility index (Phi) is 4.42. The Morgan fingerprint density at radius 1 is 1.20 bits per heavy atom. The Morgan fingerprint density at radius 2 is 1.93 bits per heavy atom. The van der Waals surface area contributed by atoms with Gasteiger partial charge in [-0.2, -0.15) is 0 Å². The van der Waals surface area contributed by atoms with Gasteiger partial charge in [-0.25, -0.2) is 0 Å². The maximum absolute atomic E-state index is 9.66. The summed E-state index contributed by atoms with van der Waals surface area (Å²) >= 11 is 0. The summed E-state index contributed by atoms with van der Waals surface area (Å²) in [5.74, 6) is 0.792. The molecule has 0 heterocycles. The Balaban J connectivity index is 1.45. The molecule has 0 bridgehead atoms. The van der Waals surface area contributed by atoms with E-state index in [9.17, 15) is 5.11 Å². The maximum atomic E-state index is 9.66. The van der Waals surface area contributed by atoms with E-state index in [-0.39, 0.29) is 6.10 Å². The van der Waals surface area contributed by atoms with Crippen molar-refractivity contribution in [1.29, 1.82) is 0 Å². The molecular weight excluding hydrogens is 190 g/mol. The molecule has 2 N–H and O–H groups in total. The fourth-order valence-electron chi connectivity index (χ4n) is 2.15. The molecular formula is C12H23NO2. The average molecular weight is 213 g/mol. The van der Waals surface area contributed by atoms with Gasteiger partial charge < -0.3 is 15.2 Å². The molecule has 0 spiro atoms. The Labute approximate surface area is 92.2 Å². The van der Waals surface area contributed by atoms with Crippen molar-refractivity contribution in [2.45, 2.75) is 50.7 Å². The van der Waals surface area contributed by atoms with Crippen molar-refractivity contribution < 1.29 is 9.84 Å². The molecule has 2 aliphatic rings. The lowest BCUT2D eigenvalue weighted by Gasteiger charge is -2.16. The van der Waals surface area contributed by atoms with Gasteiger partial charge in [0, 0.05) is 19.2 Å². The van der Waals surface area contributed by atoms with Crippen molar-refractivity contribution in [1.82, 2.24) is 5.32 Å². The van der Waals surface area contributed by atoms with Crippen LogP contribution in [0.2, 0.25) is 0 Å². The van der Waals surface area contributed by atoms with Gasteiger partial charge in [0.1, 0.15) is 0 Å². The van der Waals surface area contributed by atoms with E-state index in [1.54, 1.807) is 0 Å². The fourth-order valence-corrected chi connectivity index (χ4v) is 2.15. The molecule has 15 heavy (non-hydrogen) atoms. The van der Waals surface area contributed by atoms with Crippen molar-refractivity contribution in [2.24, 2.45) is 5.92 Å². The molecule has 0 amide bonds. The summed E-state index contributed by atoms with van der Waals surface area (Å²) in [6.07, 6.45) is 7.53. The second-order valence-electron chi connectivity index (χ2n) is 5.02. The smallest absolute Gasteiger partial charge is 0.0897 e. The van der Waals surface area contributed by atoms with Gasteiger partial charge in [-0.05, 0) is 31.6 Å². The first-order valence-electron chi connectivity index (χ1n) is 6.34. The van der Waals surface area contributed by atoms with Crippen LogP contribution in [0.4, 0.5) is 0 Å². The molecule has 1 unspecified atom stereocenters. The van der Waals surface area contributed by atoms with Gasteiger partial charge >= 0.3 is 0 Å². The summed E-state index contributed by atoms with van der Waals surface area (Å²) in [6, 6.07) is 0.642. The van der Waals surface area contributed by atoms with Crippen LogP contribution in [0.5, 0.6) is 0 Å². The van der Waals surface area contributed by atoms with Gasteiger partial charge in [-0.15, -0.1) is 0 Å². The van der Waals surface area contributed by atoms with Crippen molar-refractivity contribution in [3.05, 3.63) is 0 Å². The van der Waals surface area contributed by atoms with E-state index in [0.29, 0.717) is 19.2 Å². The summed E-state index contributed by atoms with van der Waals surface area (Å²) in [7, 11) is 0.